The highest BCUT2D eigenvalue weighted by atomic mass is 35.5. The maximum Gasteiger partial charge on any atom is 0.224 e. The quantitative estimate of drug-likeness (QED) is 0.856. The van der Waals surface area contributed by atoms with E-state index in [9.17, 15) is 4.79 Å². The summed E-state index contributed by atoms with van der Waals surface area (Å²) in [6, 6.07) is 10.9. The first-order valence-electron chi connectivity index (χ1n) is 9.00. The highest BCUT2D eigenvalue weighted by Gasteiger charge is 2.29. The Bertz CT molecular complexity index is 505. The predicted molar refractivity (Wildman–Crippen MR) is 100 cm³/mol. The molecule has 3 rings (SSSR count). The second-order valence-corrected chi connectivity index (χ2v) is 7.11. The fourth-order valence-corrected chi connectivity index (χ4v) is 3.79. The minimum Gasteiger partial charge on any atom is -0.353 e. The molecule has 2 heterocycles. The Morgan fingerprint density at radius 2 is 2.12 bits per heavy atom. The van der Waals surface area contributed by atoms with Crippen LogP contribution >= 0.6 is 12.4 Å². The molecule has 5 heteroatoms. The van der Waals surface area contributed by atoms with Crippen molar-refractivity contribution in [3.8, 4) is 0 Å². The molecule has 2 saturated heterocycles. The van der Waals surface area contributed by atoms with Crippen LogP contribution in [0.4, 0.5) is 0 Å². The van der Waals surface area contributed by atoms with Crippen molar-refractivity contribution in [1.82, 2.24) is 15.5 Å². The lowest BCUT2D eigenvalue weighted by atomic mass is 9.96. The first-order valence-corrected chi connectivity index (χ1v) is 9.00. The van der Waals surface area contributed by atoms with Crippen LogP contribution in [0.5, 0.6) is 0 Å². The van der Waals surface area contributed by atoms with Crippen molar-refractivity contribution < 1.29 is 4.79 Å². The normalized spacial score (nSPS) is 25.7. The zero-order chi connectivity index (χ0) is 16.1. The third kappa shape index (κ3) is 5.20. The molecule has 3 unspecified atom stereocenters. The van der Waals surface area contributed by atoms with Gasteiger partial charge < -0.3 is 10.6 Å². The van der Waals surface area contributed by atoms with Crippen LogP contribution in [0.15, 0.2) is 30.3 Å². The molecule has 4 nitrogen and oxygen atoms in total. The molecule has 2 fully saturated rings. The van der Waals surface area contributed by atoms with Crippen molar-refractivity contribution in [3.05, 3.63) is 35.9 Å². The molecular weight excluding hydrogens is 322 g/mol. The van der Waals surface area contributed by atoms with Gasteiger partial charge in [-0.2, -0.15) is 0 Å². The Balaban J connectivity index is 0.00000208. The number of halogens is 1. The number of piperidine rings is 1. The van der Waals surface area contributed by atoms with Gasteiger partial charge in [0.05, 0.1) is 5.92 Å². The van der Waals surface area contributed by atoms with E-state index in [1.54, 1.807) is 0 Å². The lowest BCUT2D eigenvalue weighted by molar-refractivity contribution is -0.126. The number of carbonyl (C=O) groups is 1. The van der Waals surface area contributed by atoms with Gasteiger partial charge >= 0.3 is 0 Å². The van der Waals surface area contributed by atoms with Crippen molar-refractivity contribution in [2.45, 2.75) is 38.8 Å². The molecule has 0 saturated carbocycles. The van der Waals surface area contributed by atoms with Gasteiger partial charge in [-0.05, 0) is 50.8 Å². The summed E-state index contributed by atoms with van der Waals surface area (Å²) in [5.74, 6) is 0.971. The molecule has 1 aromatic rings. The number of carbonyl (C=O) groups excluding carboxylic acids is 1. The Morgan fingerprint density at radius 3 is 2.83 bits per heavy atom. The van der Waals surface area contributed by atoms with Crippen molar-refractivity contribution in [2.75, 3.05) is 26.2 Å². The summed E-state index contributed by atoms with van der Waals surface area (Å²) in [5, 5.41) is 6.59. The zero-order valence-electron chi connectivity index (χ0n) is 14.5. The topological polar surface area (TPSA) is 44.4 Å². The van der Waals surface area contributed by atoms with Crippen LogP contribution < -0.4 is 10.6 Å². The molecular formula is C19H30ClN3O. The summed E-state index contributed by atoms with van der Waals surface area (Å²) >= 11 is 0. The van der Waals surface area contributed by atoms with Crippen LogP contribution in [-0.2, 0) is 11.3 Å². The van der Waals surface area contributed by atoms with E-state index in [4.69, 9.17) is 0 Å². The summed E-state index contributed by atoms with van der Waals surface area (Å²) in [5.41, 5.74) is 1.37. The molecule has 1 amide bonds. The number of likely N-dealkylation sites (tertiary alicyclic amines) is 1. The summed E-state index contributed by atoms with van der Waals surface area (Å²) < 4.78 is 0. The SMILES string of the molecule is CC(NC(=O)C1CCCNC1)C1CCN(Cc2ccccc2)C1.Cl. The van der Waals surface area contributed by atoms with Crippen LogP contribution in [0.25, 0.3) is 0 Å². The van der Waals surface area contributed by atoms with Crippen LogP contribution in [-0.4, -0.2) is 43.0 Å². The fraction of sp³-hybridized carbons (Fsp3) is 0.632. The number of hydrogen-bond donors (Lipinski definition) is 2. The number of amides is 1. The molecule has 2 N–H and O–H groups in total. The Labute approximate surface area is 151 Å². The molecule has 0 aliphatic carbocycles. The van der Waals surface area contributed by atoms with Crippen LogP contribution in [0, 0.1) is 11.8 Å². The minimum absolute atomic E-state index is 0. The highest BCUT2D eigenvalue weighted by molar-refractivity contribution is 5.85. The van der Waals surface area contributed by atoms with Crippen LogP contribution in [0.2, 0.25) is 0 Å². The van der Waals surface area contributed by atoms with Crippen molar-refractivity contribution in [2.24, 2.45) is 11.8 Å². The number of nitrogens with zero attached hydrogens (tertiary/aromatic N) is 1. The monoisotopic (exact) mass is 351 g/mol. The van der Waals surface area contributed by atoms with E-state index in [0.717, 1.165) is 45.6 Å². The summed E-state index contributed by atoms with van der Waals surface area (Å²) in [4.78, 5) is 14.9. The minimum atomic E-state index is 0. The molecule has 134 valence electrons. The molecule has 2 aliphatic rings. The summed E-state index contributed by atoms with van der Waals surface area (Å²) in [6.07, 6.45) is 3.31. The van der Waals surface area contributed by atoms with E-state index in [1.807, 2.05) is 0 Å². The molecule has 0 bridgehead atoms. The number of rotatable bonds is 5. The standard InChI is InChI=1S/C19H29N3O.ClH/c1-15(21-19(23)17-8-5-10-20-12-17)18-9-11-22(14-18)13-16-6-3-2-4-7-16;/h2-4,6-7,15,17-18,20H,5,8-14H2,1H3,(H,21,23);1H. The van der Waals surface area contributed by atoms with Gasteiger partial charge in [-0.3, -0.25) is 9.69 Å². The first-order chi connectivity index (χ1) is 11.2. The van der Waals surface area contributed by atoms with Gasteiger partial charge in [-0.15, -0.1) is 12.4 Å². The van der Waals surface area contributed by atoms with Crippen LogP contribution in [0.1, 0.15) is 31.7 Å². The molecule has 2 aliphatic heterocycles. The van der Waals surface area contributed by atoms with Gasteiger partial charge in [0.25, 0.3) is 0 Å². The Hall–Kier alpha value is -1.10. The van der Waals surface area contributed by atoms with Gasteiger partial charge in [-0.1, -0.05) is 30.3 Å². The molecule has 0 radical (unpaired) electrons. The van der Waals surface area contributed by atoms with Crippen molar-refractivity contribution >= 4 is 18.3 Å². The maximum absolute atomic E-state index is 12.4. The van der Waals surface area contributed by atoms with E-state index in [1.165, 1.54) is 12.0 Å². The van der Waals surface area contributed by atoms with Gasteiger partial charge in [0.1, 0.15) is 0 Å². The molecule has 0 spiro atoms. The zero-order valence-corrected chi connectivity index (χ0v) is 15.4. The summed E-state index contributed by atoms with van der Waals surface area (Å²) in [7, 11) is 0. The average molecular weight is 352 g/mol. The van der Waals surface area contributed by atoms with E-state index in [-0.39, 0.29) is 30.3 Å². The first kappa shape index (κ1) is 19.2. The van der Waals surface area contributed by atoms with Gasteiger partial charge in [0.15, 0.2) is 0 Å². The summed E-state index contributed by atoms with van der Waals surface area (Å²) in [6.45, 7) is 7.29. The Morgan fingerprint density at radius 1 is 1.33 bits per heavy atom. The third-order valence-electron chi connectivity index (χ3n) is 5.30. The lowest BCUT2D eigenvalue weighted by Crippen LogP contribution is -2.46. The number of hydrogen-bond acceptors (Lipinski definition) is 3. The van der Waals surface area contributed by atoms with Crippen LogP contribution in [0.3, 0.4) is 0 Å². The lowest BCUT2D eigenvalue weighted by Gasteiger charge is -2.26. The van der Waals surface area contributed by atoms with Crippen molar-refractivity contribution in [1.29, 1.82) is 0 Å². The number of nitrogens with one attached hydrogen (secondary N) is 2. The van der Waals surface area contributed by atoms with E-state index < -0.39 is 0 Å². The van der Waals surface area contributed by atoms with Gasteiger partial charge in [0.2, 0.25) is 5.91 Å². The molecule has 3 atom stereocenters. The average Bonchev–Trinajstić information content (AvgIpc) is 3.05. The molecule has 1 aromatic carbocycles. The number of benzene rings is 1. The fourth-order valence-electron chi connectivity index (χ4n) is 3.79. The van der Waals surface area contributed by atoms with Gasteiger partial charge in [-0.25, -0.2) is 0 Å². The highest BCUT2D eigenvalue weighted by Crippen LogP contribution is 2.22. The van der Waals surface area contributed by atoms with E-state index in [0.29, 0.717) is 5.92 Å². The largest absolute Gasteiger partial charge is 0.353 e. The van der Waals surface area contributed by atoms with Gasteiger partial charge in [0, 0.05) is 25.7 Å². The smallest absolute Gasteiger partial charge is 0.224 e. The van der Waals surface area contributed by atoms with E-state index >= 15 is 0 Å². The van der Waals surface area contributed by atoms with Crippen molar-refractivity contribution in [3.63, 3.8) is 0 Å². The Kier molecular flexibility index (Phi) is 7.53. The maximum atomic E-state index is 12.4. The molecule has 24 heavy (non-hydrogen) atoms. The second kappa shape index (κ2) is 9.40. The second-order valence-electron chi connectivity index (χ2n) is 7.11. The third-order valence-corrected chi connectivity index (χ3v) is 5.30. The van der Waals surface area contributed by atoms with E-state index in [2.05, 4.69) is 52.8 Å². The molecule has 0 aromatic heterocycles. The predicted octanol–water partition coefficient (Wildman–Crippen LogP) is 2.43.